The second-order valence-electron chi connectivity index (χ2n) is 19.4. The van der Waals surface area contributed by atoms with Gasteiger partial charge in [-0.1, -0.05) is 26.2 Å². The molecular formula is C39H56F2O11S. The molecule has 11 nitrogen and oxygen atoms in total. The first-order valence-electron chi connectivity index (χ1n) is 20.2. The number of carbonyl (C=O) groups excluding carboxylic acids is 3. The standard InChI is InChI=1S/C39H56F2O11S/c1-24-8-25-4-2-6-36(13-24,14-25)32(42)50-22-35(23-51-33(43)37-15-27-9-28(16-37)11-29(10-27)17-37)20-48-31(49-21-35)30-12-26-5-3-7-38(18-26,19-30)52-34(44)39(40,41)53(45,46)47/h24-31H,2-23H2,1H3,(H,45,46,47). The smallest absolute Gasteiger partial charge is 0.464 e. The molecule has 0 aromatic heterocycles. The Kier molecular flexibility index (Phi) is 9.78. The SMILES string of the molecule is CC1CC2CCCC(C(=O)OCC3(COC(=O)C45CC6CC(CC(C6)C4)C5)COC(C4CC5CCCC(OC(=O)C(F)(F)S(=O)(=O)O)(C5)C4)OC3)(C1)C2. The molecule has 1 aliphatic heterocycles. The molecule has 0 aromatic rings. The zero-order valence-corrected chi connectivity index (χ0v) is 31.7. The summed E-state index contributed by atoms with van der Waals surface area (Å²) in [6.07, 6.45) is 13.8. The van der Waals surface area contributed by atoms with E-state index in [-0.39, 0.29) is 63.0 Å². The Morgan fingerprint density at radius 3 is 1.89 bits per heavy atom. The highest BCUT2D eigenvalue weighted by Crippen LogP contribution is 2.61. The molecule has 6 unspecified atom stereocenters. The quantitative estimate of drug-likeness (QED) is 0.145. The minimum absolute atomic E-state index is 0.00666. The Balaban J connectivity index is 0.964. The van der Waals surface area contributed by atoms with Crippen molar-refractivity contribution in [3.63, 3.8) is 0 Å². The molecule has 8 saturated carbocycles. The maximum absolute atomic E-state index is 14.3. The average Bonchev–Trinajstić information content (AvgIpc) is 3.08. The summed E-state index contributed by atoms with van der Waals surface area (Å²) in [5, 5.41) is -5.09. The van der Waals surface area contributed by atoms with E-state index >= 15 is 0 Å². The van der Waals surface area contributed by atoms with Gasteiger partial charge in [0.2, 0.25) is 0 Å². The molecule has 0 spiro atoms. The lowest BCUT2D eigenvalue weighted by Crippen LogP contribution is -2.55. The van der Waals surface area contributed by atoms with Crippen molar-refractivity contribution < 1.29 is 59.8 Å². The van der Waals surface area contributed by atoms with Gasteiger partial charge in [0.25, 0.3) is 0 Å². The average molecular weight is 771 g/mol. The van der Waals surface area contributed by atoms with Crippen LogP contribution in [0.15, 0.2) is 0 Å². The third-order valence-corrected chi connectivity index (χ3v) is 15.7. The van der Waals surface area contributed by atoms with E-state index in [1.165, 1.54) is 19.3 Å². The molecule has 1 N–H and O–H groups in total. The van der Waals surface area contributed by atoms with Crippen LogP contribution in [0.25, 0.3) is 0 Å². The minimum atomic E-state index is -6.01. The lowest BCUT2D eigenvalue weighted by Gasteiger charge is -2.55. The Labute approximate surface area is 311 Å². The van der Waals surface area contributed by atoms with Gasteiger partial charge in [0, 0.05) is 5.92 Å². The van der Waals surface area contributed by atoms with Crippen LogP contribution in [-0.2, 0) is 48.2 Å². The van der Waals surface area contributed by atoms with Gasteiger partial charge in [0.05, 0.1) is 29.5 Å². The second kappa shape index (κ2) is 13.6. The van der Waals surface area contributed by atoms with Crippen molar-refractivity contribution in [1.29, 1.82) is 0 Å². The van der Waals surface area contributed by atoms with Crippen LogP contribution in [-0.4, -0.2) is 74.5 Å². The summed E-state index contributed by atoms with van der Waals surface area (Å²) in [4.78, 5) is 40.4. The van der Waals surface area contributed by atoms with Gasteiger partial charge in [0.1, 0.15) is 18.8 Å². The lowest BCUT2D eigenvalue weighted by atomic mass is 9.49. The van der Waals surface area contributed by atoms with Gasteiger partial charge < -0.3 is 23.7 Å². The van der Waals surface area contributed by atoms with Crippen LogP contribution in [0.3, 0.4) is 0 Å². The second-order valence-corrected chi connectivity index (χ2v) is 20.8. The molecule has 53 heavy (non-hydrogen) atoms. The molecule has 14 heteroatoms. The van der Waals surface area contributed by atoms with E-state index in [1.807, 2.05) is 0 Å². The Morgan fingerprint density at radius 2 is 1.28 bits per heavy atom. The van der Waals surface area contributed by atoms with Gasteiger partial charge in [-0.05, 0) is 132 Å². The first kappa shape index (κ1) is 38.0. The lowest BCUT2D eigenvalue weighted by molar-refractivity contribution is -0.279. The Morgan fingerprint density at radius 1 is 0.736 bits per heavy atom. The number of halogens is 2. The molecule has 8 aliphatic carbocycles. The fourth-order valence-electron chi connectivity index (χ4n) is 13.2. The number of rotatable bonds is 10. The monoisotopic (exact) mass is 770 g/mol. The number of hydrogen-bond donors (Lipinski definition) is 1. The van der Waals surface area contributed by atoms with Crippen molar-refractivity contribution in [3.05, 3.63) is 0 Å². The summed E-state index contributed by atoms with van der Waals surface area (Å²) in [7, 11) is -6.01. The number of fused-ring (bicyclic) bond motifs is 4. The van der Waals surface area contributed by atoms with Gasteiger partial charge in [0.15, 0.2) is 6.29 Å². The topological polar surface area (TPSA) is 152 Å². The van der Waals surface area contributed by atoms with Crippen molar-refractivity contribution in [2.75, 3.05) is 26.4 Å². The highest BCUT2D eigenvalue weighted by Gasteiger charge is 2.60. The van der Waals surface area contributed by atoms with Crippen molar-refractivity contribution in [3.8, 4) is 0 Å². The molecule has 0 aromatic carbocycles. The number of hydrogen-bond acceptors (Lipinski definition) is 10. The third kappa shape index (κ3) is 7.18. The van der Waals surface area contributed by atoms with Crippen molar-refractivity contribution in [2.45, 2.75) is 140 Å². The number of ether oxygens (including phenoxy) is 5. The van der Waals surface area contributed by atoms with Crippen LogP contribution in [0, 0.1) is 57.7 Å². The van der Waals surface area contributed by atoms with Crippen LogP contribution >= 0.6 is 0 Å². The maximum Gasteiger partial charge on any atom is 0.465 e. The molecule has 9 rings (SSSR count). The van der Waals surface area contributed by atoms with Crippen LogP contribution in [0.2, 0.25) is 0 Å². The summed E-state index contributed by atoms with van der Waals surface area (Å²) >= 11 is 0. The van der Waals surface area contributed by atoms with Crippen LogP contribution < -0.4 is 0 Å². The van der Waals surface area contributed by atoms with Crippen LogP contribution in [0.4, 0.5) is 8.78 Å². The molecular weight excluding hydrogens is 714 g/mol. The van der Waals surface area contributed by atoms with Gasteiger partial charge >= 0.3 is 33.3 Å². The predicted molar refractivity (Wildman–Crippen MR) is 183 cm³/mol. The summed E-state index contributed by atoms with van der Waals surface area (Å²) in [5.41, 5.74) is -3.27. The molecule has 9 aliphatic rings. The van der Waals surface area contributed by atoms with Gasteiger partial charge in [-0.3, -0.25) is 14.1 Å². The number of alkyl halides is 2. The van der Waals surface area contributed by atoms with Crippen molar-refractivity contribution in [2.24, 2.45) is 57.7 Å². The summed E-state index contributed by atoms with van der Waals surface area (Å²) in [6, 6.07) is 0. The zero-order chi connectivity index (χ0) is 37.4. The van der Waals surface area contributed by atoms with E-state index in [1.54, 1.807) is 0 Å². The van der Waals surface area contributed by atoms with Crippen molar-refractivity contribution >= 4 is 28.0 Å². The van der Waals surface area contributed by atoms with E-state index < -0.39 is 49.5 Å². The zero-order valence-electron chi connectivity index (χ0n) is 30.9. The van der Waals surface area contributed by atoms with E-state index in [2.05, 4.69) is 6.92 Å². The molecule has 0 radical (unpaired) electrons. The Bertz CT molecular complexity index is 1480. The third-order valence-electron chi connectivity index (χ3n) is 14.9. The first-order chi connectivity index (χ1) is 25.0. The van der Waals surface area contributed by atoms with E-state index in [0.29, 0.717) is 48.9 Å². The molecule has 0 amide bonds. The first-order valence-corrected chi connectivity index (χ1v) is 21.6. The molecule has 9 fully saturated rings. The fraction of sp³-hybridized carbons (Fsp3) is 0.923. The number of carbonyl (C=O) groups is 3. The van der Waals surface area contributed by atoms with Crippen molar-refractivity contribution in [1.82, 2.24) is 0 Å². The van der Waals surface area contributed by atoms with E-state index in [4.69, 9.17) is 28.2 Å². The normalized spacial score (nSPS) is 44.9. The molecule has 6 atom stereocenters. The molecule has 8 bridgehead atoms. The van der Waals surface area contributed by atoms with Crippen LogP contribution in [0.1, 0.15) is 122 Å². The van der Waals surface area contributed by atoms with E-state index in [0.717, 1.165) is 64.2 Å². The number of esters is 3. The molecule has 298 valence electrons. The van der Waals surface area contributed by atoms with E-state index in [9.17, 15) is 31.6 Å². The minimum Gasteiger partial charge on any atom is -0.464 e. The maximum atomic E-state index is 14.3. The summed E-state index contributed by atoms with van der Waals surface area (Å²) in [6.45, 7) is 2.28. The van der Waals surface area contributed by atoms with Gasteiger partial charge in [-0.15, -0.1) is 0 Å². The van der Waals surface area contributed by atoms with Gasteiger partial charge in [-0.25, -0.2) is 4.79 Å². The van der Waals surface area contributed by atoms with Gasteiger partial charge in [-0.2, -0.15) is 17.2 Å². The molecule has 1 saturated heterocycles. The highest BCUT2D eigenvalue weighted by molar-refractivity contribution is 7.87. The Hall–Kier alpha value is -1.90. The summed E-state index contributed by atoms with van der Waals surface area (Å²) < 4.78 is 90.6. The highest BCUT2D eigenvalue weighted by atomic mass is 32.2. The van der Waals surface area contributed by atoms with Crippen LogP contribution in [0.5, 0.6) is 0 Å². The fourth-order valence-corrected chi connectivity index (χ4v) is 13.4. The largest absolute Gasteiger partial charge is 0.465 e. The molecule has 1 heterocycles. The summed E-state index contributed by atoms with van der Waals surface area (Å²) in [5.74, 6) is -0.352. The predicted octanol–water partition coefficient (Wildman–Crippen LogP) is 6.62.